The van der Waals surface area contributed by atoms with Crippen LogP contribution in [-0.2, 0) is 17.9 Å². The molecule has 0 aliphatic rings. The number of carbonyl (C=O) groups excluding carboxylic acids is 1. The number of fused-ring (bicyclic) bond motifs is 1. The standard InChI is InChI=1S/C25H25N3O4S/c1-16(2)18-7-5-8-19(13-18)26-22(29)15-27-21-10-11-33-23(21)24(30)28(25(27)31)14-17-6-4-9-20(12-17)32-3/h4-13,16H,14-15H2,1-3H3,(H,26,29). The molecule has 8 heteroatoms. The number of hydrogen-bond donors (Lipinski definition) is 1. The molecule has 0 bridgehead atoms. The highest BCUT2D eigenvalue weighted by Crippen LogP contribution is 2.19. The molecular weight excluding hydrogens is 438 g/mol. The molecule has 2 aromatic carbocycles. The fourth-order valence-electron chi connectivity index (χ4n) is 3.70. The van der Waals surface area contributed by atoms with Crippen molar-refractivity contribution in [3.8, 4) is 5.75 Å². The van der Waals surface area contributed by atoms with Crippen molar-refractivity contribution in [3.05, 3.63) is 91.9 Å². The summed E-state index contributed by atoms with van der Waals surface area (Å²) in [5, 5.41) is 4.62. The van der Waals surface area contributed by atoms with Crippen molar-refractivity contribution in [2.24, 2.45) is 0 Å². The molecule has 2 aromatic heterocycles. The van der Waals surface area contributed by atoms with Crippen LogP contribution < -0.4 is 21.3 Å². The number of hydrogen-bond acceptors (Lipinski definition) is 5. The second-order valence-electron chi connectivity index (χ2n) is 8.07. The Morgan fingerprint density at radius 1 is 1.06 bits per heavy atom. The summed E-state index contributed by atoms with van der Waals surface area (Å²) in [6.45, 7) is 4.05. The van der Waals surface area contributed by atoms with E-state index in [1.165, 1.54) is 20.5 Å². The SMILES string of the molecule is COc1cccc(Cn2c(=O)c3sccc3n(CC(=O)Nc3cccc(C(C)C)c3)c2=O)c1. The first-order valence-corrected chi connectivity index (χ1v) is 11.5. The predicted molar refractivity (Wildman–Crippen MR) is 132 cm³/mol. The number of carbonyl (C=O) groups is 1. The van der Waals surface area contributed by atoms with E-state index in [2.05, 4.69) is 19.2 Å². The number of nitrogens with one attached hydrogen (secondary N) is 1. The molecule has 0 unspecified atom stereocenters. The first-order valence-electron chi connectivity index (χ1n) is 10.6. The molecule has 0 aliphatic carbocycles. The Bertz CT molecular complexity index is 1430. The summed E-state index contributed by atoms with van der Waals surface area (Å²) in [6, 6.07) is 16.6. The lowest BCUT2D eigenvalue weighted by molar-refractivity contribution is -0.116. The number of benzene rings is 2. The molecule has 0 radical (unpaired) electrons. The monoisotopic (exact) mass is 463 g/mol. The summed E-state index contributed by atoms with van der Waals surface area (Å²) in [4.78, 5) is 39.2. The van der Waals surface area contributed by atoms with Gasteiger partial charge in [0.15, 0.2) is 0 Å². The molecule has 170 valence electrons. The largest absolute Gasteiger partial charge is 0.497 e. The number of thiophene rings is 1. The van der Waals surface area contributed by atoms with E-state index >= 15 is 0 Å². The highest BCUT2D eigenvalue weighted by atomic mass is 32.1. The van der Waals surface area contributed by atoms with Crippen molar-refractivity contribution in [1.29, 1.82) is 0 Å². The summed E-state index contributed by atoms with van der Waals surface area (Å²) >= 11 is 1.26. The number of aromatic nitrogens is 2. The van der Waals surface area contributed by atoms with Gasteiger partial charge in [0.05, 0.1) is 19.2 Å². The van der Waals surface area contributed by atoms with E-state index in [-0.39, 0.29) is 24.6 Å². The second kappa shape index (κ2) is 9.46. The summed E-state index contributed by atoms with van der Waals surface area (Å²) in [5.41, 5.74) is 2.10. The summed E-state index contributed by atoms with van der Waals surface area (Å²) < 4.78 is 8.21. The average Bonchev–Trinajstić information content (AvgIpc) is 3.30. The van der Waals surface area contributed by atoms with Gasteiger partial charge in [-0.2, -0.15) is 0 Å². The summed E-state index contributed by atoms with van der Waals surface area (Å²) in [6.07, 6.45) is 0. The van der Waals surface area contributed by atoms with E-state index < -0.39 is 5.69 Å². The van der Waals surface area contributed by atoms with Gasteiger partial charge in [-0.25, -0.2) is 4.79 Å². The minimum absolute atomic E-state index is 0.0841. The first kappa shape index (κ1) is 22.5. The third-order valence-electron chi connectivity index (χ3n) is 5.45. The number of amides is 1. The molecular formula is C25H25N3O4S. The predicted octanol–water partition coefficient (Wildman–Crippen LogP) is 4.04. The zero-order valence-corrected chi connectivity index (χ0v) is 19.5. The molecule has 1 N–H and O–H groups in total. The smallest absolute Gasteiger partial charge is 0.332 e. The quantitative estimate of drug-likeness (QED) is 0.448. The average molecular weight is 464 g/mol. The summed E-state index contributed by atoms with van der Waals surface area (Å²) in [5.74, 6) is 0.633. The molecule has 1 amide bonds. The molecule has 0 aliphatic heterocycles. The molecule has 4 rings (SSSR count). The van der Waals surface area contributed by atoms with Crippen LogP contribution in [0.15, 0.2) is 69.6 Å². The van der Waals surface area contributed by atoms with E-state index in [0.29, 0.717) is 27.6 Å². The Morgan fingerprint density at radius 2 is 1.85 bits per heavy atom. The molecule has 0 saturated carbocycles. The van der Waals surface area contributed by atoms with Crippen molar-refractivity contribution in [2.45, 2.75) is 32.9 Å². The lowest BCUT2D eigenvalue weighted by atomic mass is 10.0. The van der Waals surface area contributed by atoms with Crippen molar-refractivity contribution in [3.63, 3.8) is 0 Å². The third kappa shape index (κ3) is 4.75. The Balaban J connectivity index is 1.68. The van der Waals surface area contributed by atoms with Crippen molar-refractivity contribution in [1.82, 2.24) is 9.13 Å². The van der Waals surface area contributed by atoms with E-state index in [9.17, 15) is 14.4 Å². The van der Waals surface area contributed by atoms with Crippen LogP contribution in [0.1, 0.15) is 30.9 Å². The zero-order chi connectivity index (χ0) is 23.5. The van der Waals surface area contributed by atoms with Crippen LogP contribution >= 0.6 is 11.3 Å². The molecule has 0 saturated heterocycles. The Hall–Kier alpha value is -3.65. The molecule has 0 spiro atoms. The van der Waals surface area contributed by atoms with Crippen LogP contribution in [0.3, 0.4) is 0 Å². The van der Waals surface area contributed by atoms with Crippen LogP contribution in [0.2, 0.25) is 0 Å². The van der Waals surface area contributed by atoms with Gasteiger partial charge in [0.2, 0.25) is 5.91 Å². The highest BCUT2D eigenvalue weighted by Gasteiger charge is 2.17. The molecule has 2 heterocycles. The fraction of sp³-hybridized carbons (Fsp3) is 0.240. The lowest BCUT2D eigenvalue weighted by Crippen LogP contribution is -2.41. The van der Waals surface area contributed by atoms with E-state index in [4.69, 9.17) is 4.74 Å². The molecule has 7 nitrogen and oxygen atoms in total. The van der Waals surface area contributed by atoms with Gasteiger partial charge in [-0.15, -0.1) is 11.3 Å². The van der Waals surface area contributed by atoms with Crippen molar-refractivity contribution in [2.75, 3.05) is 12.4 Å². The molecule has 0 fully saturated rings. The van der Waals surface area contributed by atoms with Crippen molar-refractivity contribution >= 4 is 33.1 Å². The van der Waals surface area contributed by atoms with Crippen molar-refractivity contribution < 1.29 is 9.53 Å². The number of ether oxygens (including phenoxy) is 1. The fourth-order valence-corrected chi connectivity index (χ4v) is 4.54. The first-order chi connectivity index (χ1) is 15.9. The highest BCUT2D eigenvalue weighted by molar-refractivity contribution is 7.17. The minimum atomic E-state index is -0.528. The van der Waals surface area contributed by atoms with Gasteiger partial charge in [0, 0.05) is 5.69 Å². The number of nitrogens with zero attached hydrogens (tertiary/aromatic N) is 2. The normalized spacial score (nSPS) is 11.2. The van der Waals surface area contributed by atoms with Crippen LogP contribution in [0, 0.1) is 0 Å². The molecule has 4 aromatic rings. The Kier molecular flexibility index (Phi) is 6.46. The lowest BCUT2D eigenvalue weighted by Gasteiger charge is -2.13. The van der Waals surface area contributed by atoms with Gasteiger partial charge in [0.1, 0.15) is 17.0 Å². The van der Waals surface area contributed by atoms with Gasteiger partial charge in [0.25, 0.3) is 5.56 Å². The molecule has 0 atom stereocenters. The van der Waals surface area contributed by atoms with Gasteiger partial charge in [-0.3, -0.25) is 18.7 Å². The van der Waals surface area contributed by atoms with Crippen LogP contribution in [0.25, 0.3) is 10.2 Å². The topological polar surface area (TPSA) is 82.3 Å². The maximum atomic E-state index is 13.3. The van der Waals surface area contributed by atoms with Gasteiger partial charge < -0.3 is 10.1 Å². The van der Waals surface area contributed by atoms with Gasteiger partial charge >= 0.3 is 5.69 Å². The Labute approximate surface area is 194 Å². The van der Waals surface area contributed by atoms with Gasteiger partial charge in [-0.1, -0.05) is 38.1 Å². The minimum Gasteiger partial charge on any atom is -0.497 e. The summed E-state index contributed by atoms with van der Waals surface area (Å²) in [7, 11) is 1.56. The van der Waals surface area contributed by atoms with Crippen LogP contribution in [0.4, 0.5) is 5.69 Å². The maximum Gasteiger partial charge on any atom is 0.332 e. The second-order valence-corrected chi connectivity index (χ2v) is 8.99. The van der Waals surface area contributed by atoms with Crippen LogP contribution in [-0.4, -0.2) is 22.2 Å². The molecule has 33 heavy (non-hydrogen) atoms. The van der Waals surface area contributed by atoms with Crippen LogP contribution in [0.5, 0.6) is 5.75 Å². The maximum absolute atomic E-state index is 13.3. The number of methoxy groups -OCH3 is 1. The van der Waals surface area contributed by atoms with E-state index in [1.807, 2.05) is 30.3 Å². The van der Waals surface area contributed by atoms with Gasteiger partial charge in [-0.05, 0) is 52.8 Å². The van der Waals surface area contributed by atoms with E-state index in [0.717, 1.165) is 11.1 Å². The Morgan fingerprint density at radius 3 is 2.61 bits per heavy atom. The third-order valence-corrected chi connectivity index (χ3v) is 6.34. The number of rotatable bonds is 7. The van der Waals surface area contributed by atoms with E-state index in [1.54, 1.807) is 36.8 Å². The number of anilines is 1. The zero-order valence-electron chi connectivity index (χ0n) is 18.7.